The van der Waals surface area contributed by atoms with Gasteiger partial charge >= 0.3 is 0 Å². The van der Waals surface area contributed by atoms with Gasteiger partial charge in [-0.15, -0.1) is 0 Å². The van der Waals surface area contributed by atoms with Gasteiger partial charge in [0.15, 0.2) is 5.82 Å². The van der Waals surface area contributed by atoms with Gasteiger partial charge in [0.1, 0.15) is 0 Å². The molecule has 2 aromatic heterocycles. The van der Waals surface area contributed by atoms with E-state index in [0.29, 0.717) is 5.82 Å². The molecule has 0 radical (unpaired) electrons. The first kappa shape index (κ1) is 41.3. The van der Waals surface area contributed by atoms with Gasteiger partial charge in [-0.05, 0) is 115 Å². The van der Waals surface area contributed by atoms with Gasteiger partial charge in [0.05, 0.1) is 27.8 Å². The lowest BCUT2D eigenvalue weighted by molar-refractivity contribution is 0.794. The zero-order valence-corrected chi connectivity index (χ0v) is 39.0. The molecule has 70 heavy (non-hydrogen) atoms. The molecular formula is C67H47N3. The lowest BCUT2D eigenvalue weighted by Gasteiger charge is -2.31. The Morgan fingerprint density at radius 2 is 0.729 bits per heavy atom. The number of hydrogen-bond acceptors (Lipinski definition) is 2. The second kappa shape index (κ2) is 16.7. The molecule has 0 N–H and O–H groups in total. The van der Waals surface area contributed by atoms with Gasteiger partial charge in [-0.2, -0.15) is 0 Å². The van der Waals surface area contributed by atoms with Crippen molar-refractivity contribution in [1.82, 2.24) is 14.5 Å². The molecular weight excluding hydrogens is 847 g/mol. The summed E-state index contributed by atoms with van der Waals surface area (Å²) in [5.74, 6) is 0.709. The topological polar surface area (TPSA) is 30.7 Å². The predicted octanol–water partition coefficient (Wildman–Crippen LogP) is 17.3. The highest BCUT2D eigenvalue weighted by molar-refractivity contribution is 6.09. The molecule has 0 saturated heterocycles. The first-order chi connectivity index (χ1) is 34.7. The molecule has 3 nitrogen and oxygen atoms in total. The quantitative estimate of drug-likeness (QED) is 0.166. The number of rotatable bonds is 6. The summed E-state index contributed by atoms with van der Waals surface area (Å²) in [7, 11) is 0. The van der Waals surface area contributed by atoms with E-state index in [1.807, 2.05) is 38.1 Å². The number of nitrogens with zero attached hydrogens (tertiary/aromatic N) is 3. The van der Waals surface area contributed by atoms with Crippen LogP contribution in [0.15, 0.2) is 249 Å². The lowest BCUT2D eigenvalue weighted by Crippen LogP contribution is -2.26. The molecule has 0 unspecified atom stereocenters. The fourth-order valence-electron chi connectivity index (χ4n) is 11.4. The van der Waals surface area contributed by atoms with E-state index in [2.05, 4.69) is 229 Å². The summed E-state index contributed by atoms with van der Waals surface area (Å²) in [6, 6.07) is 90.7. The first-order valence-electron chi connectivity index (χ1n) is 24.4. The molecule has 10 aromatic carbocycles. The molecule has 2 aliphatic carbocycles. The summed E-state index contributed by atoms with van der Waals surface area (Å²) in [4.78, 5) is 10.3. The zero-order chi connectivity index (χ0) is 46.8. The molecule has 0 fully saturated rings. The van der Waals surface area contributed by atoms with Crippen molar-refractivity contribution in [3.05, 3.63) is 271 Å². The Kier molecular flexibility index (Phi) is 9.85. The van der Waals surface area contributed by atoms with Gasteiger partial charge in [0.2, 0.25) is 0 Å². The molecule has 3 heteroatoms. The van der Waals surface area contributed by atoms with Crippen LogP contribution in [0.5, 0.6) is 0 Å². The average molecular weight is 894 g/mol. The van der Waals surface area contributed by atoms with Crippen LogP contribution in [0.3, 0.4) is 0 Å². The number of benzene rings is 10. The highest BCUT2D eigenvalue weighted by Crippen LogP contribution is 2.63. The highest BCUT2D eigenvalue weighted by atomic mass is 15.0. The van der Waals surface area contributed by atoms with Crippen LogP contribution in [-0.2, 0) is 5.41 Å². The normalized spacial score (nSPS) is 12.5. The Balaban J connectivity index is 0.00000237. The second-order valence-electron chi connectivity index (χ2n) is 18.1. The van der Waals surface area contributed by atoms with Crippen LogP contribution in [0.2, 0.25) is 0 Å². The molecule has 330 valence electrons. The molecule has 0 saturated carbocycles. The SMILES string of the molecule is CC.c1ccc(-c2cc(-c3cccc(-c4ccc5c(c4)C4(c6ccccc6-c6ccccc64)c4cc(-c6cccc(-n7c8ccccc8c8ccccc87)c6)ccc4-5)c3)nc(-c3ccccc3)n2)cc1. The van der Waals surface area contributed by atoms with E-state index in [0.717, 1.165) is 39.3 Å². The third-order valence-corrected chi connectivity index (χ3v) is 14.4. The molecule has 0 bridgehead atoms. The van der Waals surface area contributed by atoms with Gasteiger partial charge < -0.3 is 4.57 Å². The minimum Gasteiger partial charge on any atom is -0.309 e. The molecule has 0 aliphatic heterocycles. The van der Waals surface area contributed by atoms with E-state index < -0.39 is 5.41 Å². The van der Waals surface area contributed by atoms with Gasteiger partial charge in [0.25, 0.3) is 0 Å². The maximum Gasteiger partial charge on any atom is 0.160 e. The number of para-hydroxylation sites is 2. The average Bonchev–Trinajstić information content (AvgIpc) is 4.05. The van der Waals surface area contributed by atoms with Crippen LogP contribution < -0.4 is 0 Å². The van der Waals surface area contributed by atoms with E-state index in [1.54, 1.807) is 0 Å². The van der Waals surface area contributed by atoms with Crippen molar-refractivity contribution in [3.8, 4) is 84.1 Å². The summed E-state index contributed by atoms with van der Waals surface area (Å²) >= 11 is 0. The Morgan fingerprint density at radius 1 is 0.300 bits per heavy atom. The molecule has 2 heterocycles. The fourth-order valence-corrected chi connectivity index (χ4v) is 11.4. The van der Waals surface area contributed by atoms with Crippen LogP contribution in [0.4, 0.5) is 0 Å². The number of aromatic nitrogens is 3. The van der Waals surface area contributed by atoms with Crippen molar-refractivity contribution in [2.45, 2.75) is 19.3 Å². The zero-order valence-electron chi connectivity index (χ0n) is 39.0. The Hall–Kier alpha value is -8.92. The highest BCUT2D eigenvalue weighted by Gasteiger charge is 2.51. The van der Waals surface area contributed by atoms with Crippen molar-refractivity contribution in [2.24, 2.45) is 0 Å². The number of fused-ring (bicyclic) bond motifs is 13. The Labute approximate surface area is 408 Å². The van der Waals surface area contributed by atoms with Crippen molar-refractivity contribution in [1.29, 1.82) is 0 Å². The standard InChI is InChI=1S/C65H41N3.C2H6/c1-3-17-42(18-4-1)60-41-61(67-64(66-60)43-19-5-2-6-20-43)48-23-15-21-44(37-48)46-33-35-52-53-36-34-47(40-59(53)65(58(52)39-46)56-29-11-7-25-50(56)51-26-8-12-30-57(51)65)45-22-16-24-49(38-45)68-62-31-13-9-27-54(62)55-28-10-14-32-63(55)68;1-2/h1-41H;1-2H3. The smallest absolute Gasteiger partial charge is 0.160 e. The Bertz CT molecular complexity index is 3820. The first-order valence-corrected chi connectivity index (χ1v) is 24.4. The predicted molar refractivity (Wildman–Crippen MR) is 291 cm³/mol. The maximum absolute atomic E-state index is 5.19. The third kappa shape index (κ3) is 6.36. The van der Waals surface area contributed by atoms with Crippen LogP contribution in [-0.4, -0.2) is 14.5 Å². The van der Waals surface area contributed by atoms with Crippen molar-refractivity contribution >= 4 is 21.8 Å². The maximum atomic E-state index is 5.19. The minimum absolute atomic E-state index is 0.520. The van der Waals surface area contributed by atoms with Gasteiger partial charge in [-0.25, -0.2) is 9.97 Å². The van der Waals surface area contributed by atoms with Crippen molar-refractivity contribution in [2.75, 3.05) is 0 Å². The van der Waals surface area contributed by atoms with Crippen LogP contribution in [0.1, 0.15) is 36.1 Å². The van der Waals surface area contributed by atoms with E-state index in [4.69, 9.17) is 9.97 Å². The van der Waals surface area contributed by atoms with E-state index in [9.17, 15) is 0 Å². The largest absolute Gasteiger partial charge is 0.309 e. The van der Waals surface area contributed by atoms with E-state index in [-0.39, 0.29) is 0 Å². The van der Waals surface area contributed by atoms with E-state index >= 15 is 0 Å². The summed E-state index contributed by atoms with van der Waals surface area (Å²) in [6.07, 6.45) is 0. The van der Waals surface area contributed by atoms with Crippen LogP contribution in [0.25, 0.3) is 106 Å². The Morgan fingerprint density at radius 3 is 1.33 bits per heavy atom. The molecule has 12 aromatic rings. The van der Waals surface area contributed by atoms with Crippen LogP contribution in [0, 0.1) is 0 Å². The molecule has 14 rings (SSSR count). The second-order valence-corrected chi connectivity index (χ2v) is 18.1. The third-order valence-electron chi connectivity index (χ3n) is 14.4. The summed E-state index contributed by atoms with van der Waals surface area (Å²) in [6.45, 7) is 4.00. The molecule has 2 aliphatic rings. The van der Waals surface area contributed by atoms with E-state index in [1.165, 1.54) is 83.0 Å². The fraction of sp³-hybridized carbons (Fsp3) is 0.0448. The van der Waals surface area contributed by atoms with Gasteiger partial charge in [-0.1, -0.05) is 214 Å². The summed E-state index contributed by atoms with van der Waals surface area (Å²) in [5.41, 5.74) is 23.0. The minimum atomic E-state index is -0.520. The van der Waals surface area contributed by atoms with Crippen molar-refractivity contribution < 1.29 is 0 Å². The lowest BCUT2D eigenvalue weighted by atomic mass is 9.70. The summed E-state index contributed by atoms with van der Waals surface area (Å²) in [5, 5.41) is 2.53. The molecule has 0 amide bonds. The van der Waals surface area contributed by atoms with Gasteiger partial charge in [0, 0.05) is 33.2 Å². The molecule has 0 atom stereocenters. The van der Waals surface area contributed by atoms with Crippen LogP contribution >= 0.6 is 0 Å². The monoisotopic (exact) mass is 893 g/mol. The van der Waals surface area contributed by atoms with Gasteiger partial charge in [-0.3, -0.25) is 0 Å². The summed E-state index contributed by atoms with van der Waals surface area (Å²) < 4.78 is 2.41. The number of hydrogen-bond donors (Lipinski definition) is 0. The molecule has 1 spiro atoms. The van der Waals surface area contributed by atoms with Crippen molar-refractivity contribution in [3.63, 3.8) is 0 Å².